The molecule has 1 aliphatic heterocycles. The SMILES string of the molecule is CC(Nc1ncnc2sccc12)C(=O)N1CCCC1. The summed E-state index contributed by atoms with van der Waals surface area (Å²) in [5.41, 5.74) is 0. The lowest BCUT2D eigenvalue weighted by atomic mass is 10.2. The molecule has 0 aromatic carbocycles. The Bertz CT molecular complexity index is 591. The lowest BCUT2D eigenvalue weighted by molar-refractivity contribution is -0.130. The molecule has 1 saturated heterocycles. The predicted octanol–water partition coefficient (Wildman–Crippen LogP) is 2.11. The van der Waals surface area contributed by atoms with Gasteiger partial charge < -0.3 is 10.2 Å². The average Bonchev–Trinajstić information content (AvgIpc) is 3.09. The molecule has 5 nitrogen and oxygen atoms in total. The molecule has 19 heavy (non-hydrogen) atoms. The van der Waals surface area contributed by atoms with Crippen molar-refractivity contribution in [1.82, 2.24) is 14.9 Å². The molecular formula is C13H16N4OS. The fourth-order valence-electron chi connectivity index (χ4n) is 2.38. The number of thiophene rings is 1. The van der Waals surface area contributed by atoms with Crippen LogP contribution in [0.25, 0.3) is 10.2 Å². The minimum Gasteiger partial charge on any atom is -0.358 e. The molecule has 1 atom stereocenters. The number of hydrogen-bond acceptors (Lipinski definition) is 5. The molecular weight excluding hydrogens is 260 g/mol. The first-order valence-electron chi connectivity index (χ1n) is 6.49. The van der Waals surface area contributed by atoms with Crippen LogP contribution >= 0.6 is 11.3 Å². The molecule has 1 fully saturated rings. The van der Waals surface area contributed by atoms with Crippen LogP contribution in [0.15, 0.2) is 17.8 Å². The van der Waals surface area contributed by atoms with E-state index in [2.05, 4.69) is 15.3 Å². The largest absolute Gasteiger partial charge is 0.358 e. The van der Waals surface area contributed by atoms with E-state index in [1.54, 1.807) is 11.3 Å². The minimum atomic E-state index is -0.254. The molecule has 0 radical (unpaired) electrons. The zero-order valence-electron chi connectivity index (χ0n) is 10.8. The molecule has 6 heteroatoms. The predicted molar refractivity (Wildman–Crippen MR) is 76.3 cm³/mol. The van der Waals surface area contributed by atoms with Gasteiger partial charge >= 0.3 is 0 Å². The van der Waals surface area contributed by atoms with Gasteiger partial charge in [-0.25, -0.2) is 9.97 Å². The van der Waals surface area contributed by atoms with Crippen molar-refractivity contribution in [2.24, 2.45) is 0 Å². The molecule has 0 aliphatic carbocycles. The molecule has 1 N–H and O–H groups in total. The normalized spacial score (nSPS) is 16.8. The van der Waals surface area contributed by atoms with E-state index in [4.69, 9.17) is 0 Å². The first-order valence-corrected chi connectivity index (χ1v) is 7.37. The smallest absolute Gasteiger partial charge is 0.244 e. The first-order chi connectivity index (χ1) is 9.25. The monoisotopic (exact) mass is 276 g/mol. The van der Waals surface area contributed by atoms with E-state index in [-0.39, 0.29) is 11.9 Å². The van der Waals surface area contributed by atoms with Crippen molar-refractivity contribution in [2.75, 3.05) is 18.4 Å². The Morgan fingerprint density at radius 3 is 3.00 bits per heavy atom. The van der Waals surface area contributed by atoms with Crippen molar-refractivity contribution in [1.29, 1.82) is 0 Å². The molecule has 2 aromatic rings. The molecule has 100 valence electrons. The maximum Gasteiger partial charge on any atom is 0.244 e. The first kappa shape index (κ1) is 12.3. The number of amides is 1. The van der Waals surface area contributed by atoms with Crippen molar-refractivity contribution in [3.05, 3.63) is 17.8 Å². The third kappa shape index (κ3) is 2.40. The van der Waals surface area contributed by atoms with Crippen LogP contribution in [0.3, 0.4) is 0 Å². The summed E-state index contributed by atoms with van der Waals surface area (Å²) in [6.45, 7) is 3.64. The maximum atomic E-state index is 12.2. The van der Waals surface area contributed by atoms with Crippen LogP contribution in [0.1, 0.15) is 19.8 Å². The lowest BCUT2D eigenvalue weighted by Gasteiger charge is -2.21. The lowest BCUT2D eigenvalue weighted by Crippen LogP contribution is -2.39. The van der Waals surface area contributed by atoms with Crippen molar-refractivity contribution >= 4 is 33.3 Å². The number of rotatable bonds is 3. The fraction of sp³-hybridized carbons (Fsp3) is 0.462. The number of likely N-dealkylation sites (tertiary alicyclic amines) is 1. The summed E-state index contributed by atoms with van der Waals surface area (Å²) in [5, 5.41) is 6.18. The molecule has 1 amide bonds. The van der Waals surface area contributed by atoms with Crippen molar-refractivity contribution in [3.8, 4) is 0 Å². The number of fused-ring (bicyclic) bond motifs is 1. The molecule has 1 aliphatic rings. The number of anilines is 1. The van der Waals surface area contributed by atoms with E-state index < -0.39 is 0 Å². The standard InChI is InChI=1S/C13H16N4OS/c1-9(13(18)17-5-2-3-6-17)16-11-10-4-7-19-12(10)15-8-14-11/h4,7-9H,2-3,5-6H2,1H3,(H,14,15,16). The molecule has 1 unspecified atom stereocenters. The van der Waals surface area contributed by atoms with Gasteiger partial charge in [0.05, 0.1) is 5.39 Å². The number of nitrogens with zero attached hydrogens (tertiary/aromatic N) is 3. The van der Waals surface area contributed by atoms with E-state index in [0.717, 1.165) is 42.0 Å². The fourth-order valence-corrected chi connectivity index (χ4v) is 3.12. The summed E-state index contributed by atoms with van der Waals surface area (Å²) in [6, 6.07) is 1.73. The summed E-state index contributed by atoms with van der Waals surface area (Å²) in [4.78, 5) is 23.6. The number of carbonyl (C=O) groups excluding carboxylic acids is 1. The Labute approximate surface area is 115 Å². The Balaban J connectivity index is 1.76. The van der Waals surface area contributed by atoms with Gasteiger partial charge in [-0.2, -0.15) is 0 Å². The molecule has 3 rings (SSSR count). The Morgan fingerprint density at radius 1 is 1.42 bits per heavy atom. The number of carbonyl (C=O) groups is 1. The maximum absolute atomic E-state index is 12.2. The second-order valence-corrected chi connectivity index (χ2v) is 5.65. The van der Waals surface area contributed by atoms with Gasteiger partial charge in [-0.15, -0.1) is 11.3 Å². The summed E-state index contributed by atoms with van der Waals surface area (Å²) in [6.07, 6.45) is 3.76. The minimum absolute atomic E-state index is 0.152. The molecule has 0 spiro atoms. The topological polar surface area (TPSA) is 58.1 Å². The van der Waals surface area contributed by atoms with Crippen molar-refractivity contribution < 1.29 is 4.79 Å². The van der Waals surface area contributed by atoms with Gasteiger partial charge in [0.2, 0.25) is 5.91 Å². The Hall–Kier alpha value is -1.69. The highest BCUT2D eigenvalue weighted by Gasteiger charge is 2.23. The zero-order valence-corrected chi connectivity index (χ0v) is 11.6. The van der Waals surface area contributed by atoms with Gasteiger partial charge in [0.15, 0.2) is 0 Å². The summed E-state index contributed by atoms with van der Waals surface area (Å²) in [7, 11) is 0. The van der Waals surface area contributed by atoms with Crippen LogP contribution < -0.4 is 5.32 Å². The highest BCUT2D eigenvalue weighted by Crippen LogP contribution is 2.24. The molecule has 0 saturated carbocycles. The highest BCUT2D eigenvalue weighted by molar-refractivity contribution is 7.16. The Morgan fingerprint density at radius 2 is 2.21 bits per heavy atom. The molecule has 3 heterocycles. The molecule has 2 aromatic heterocycles. The van der Waals surface area contributed by atoms with Crippen LogP contribution in [-0.4, -0.2) is 39.9 Å². The third-order valence-corrected chi connectivity index (χ3v) is 4.22. The summed E-state index contributed by atoms with van der Waals surface area (Å²) in [5.74, 6) is 0.894. The van der Waals surface area contributed by atoms with E-state index in [0.29, 0.717) is 0 Å². The van der Waals surface area contributed by atoms with Crippen LogP contribution in [0, 0.1) is 0 Å². The summed E-state index contributed by atoms with van der Waals surface area (Å²) < 4.78 is 0. The highest BCUT2D eigenvalue weighted by atomic mass is 32.1. The van der Waals surface area contributed by atoms with Gasteiger partial charge in [-0.3, -0.25) is 4.79 Å². The van der Waals surface area contributed by atoms with Gasteiger partial charge in [0.1, 0.15) is 23.0 Å². The van der Waals surface area contributed by atoms with Crippen LogP contribution in [0.5, 0.6) is 0 Å². The van der Waals surface area contributed by atoms with Gasteiger partial charge in [0.25, 0.3) is 0 Å². The number of aromatic nitrogens is 2. The second kappa shape index (κ2) is 5.13. The van der Waals surface area contributed by atoms with Crippen molar-refractivity contribution in [3.63, 3.8) is 0 Å². The van der Waals surface area contributed by atoms with E-state index in [9.17, 15) is 4.79 Å². The third-order valence-electron chi connectivity index (χ3n) is 3.40. The van der Waals surface area contributed by atoms with E-state index in [1.165, 1.54) is 6.33 Å². The van der Waals surface area contributed by atoms with Crippen LogP contribution in [0.4, 0.5) is 5.82 Å². The van der Waals surface area contributed by atoms with Crippen LogP contribution in [-0.2, 0) is 4.79 Å². The van der Waals surface area contributed by atoms with Gasteiger partial charge in [-0.1, -0.05) is 0 Å². The van der Waals surface area contributed by atoms with Gasteiger partial charge in [-0.05, 0) is 31.2 Å². The van der Waals surface area contributed by atoms with E-state index in [1.807, 2.05) is 23.3 Å². The van der Waals surface area contributed by atoms with Gasteiger partial charge in [0, 0.05) is 13.1 Å². The summed E-state index contributed by atoms with van der Waals surface area (Å²) >= 11 is 1.58. The number of hydrogen-bond donors (Lipinski definition) is 1. The Kier molecular flexibility index (Phi) is 3.33. The van der Waals surface area contributed by atoms with Crippen LogP contribution in [0.2, 0.25) is 0 Å². The van der Waals surface area contributed by atoms with Crippen molar-refractivity contribution in [2.45, 2.75) is 25.8 Å². The zero-order chi connectivity index (χ0) is 13.2. The molecule has 0 bridgehead atoms. The van der Waals surface area contributed by atoms with E-state index >= 15 is 0 Å². The second-order valence-electron chi connectivity index (χ2n) is 4.76. The number of nitrogens with one attached hydrogen (secondary N) is 1. The average molecular weight is 276 g/mol. The quantitative estimate of drug-likeness (QED) is 0.933.